The number of ether oxygens (including phenoxy) is 2. The number of hydrogen-bond donors (Lipinski definition) is 2. The maximum Gasteiger partial charge on any atom is 0.338 e. The molecule has 8 heteroatoms. The first-order chi connectivity index (χ1) is 15.8. The number of esters is 1. The zero-order valence-electron chi connectivity index (χ0n) is 18.8. The van der Waals surface area contributed by atoms with Crippen molar-refractivity contribution >= 4 is 34.9 Å². The van der Waals surface area contributed by atoms with Gasteiger partial charge in [0.25, 0.3) is 0 Å². The van der Waals surface area contributed by atoms with Gasteiger partial charge in [-0.15, -0.1) is 0 Å². The lowest BCUT2D eigenvalue weighted by atomic mass is 10.1. The number of para-hydroxylation sites is 1. The molecule has 1 aliphatic heterocycles. The van der Waals surface area contributed by atoms with Gasteiger partial charge in [0.05, 0.1) is 24.0 Å². The number of nitrogens with one attached hydrogen (secondary N) is 2. The topological polar surface area (TPSA) is 92.8 Å². The second-order valence-electron chi connectivity index (χ2n) is 8.55. The van der Waals surface area contributed by atoms with Crippen LogP contribution in [0.25, 0.3) is 0 Å². The summed E-state index contributed by atoms with van der Waals surface area (Å²) in [5.74, 6) is 0.554. The van der Waals surface area contributed by atoms with E-state index in [1.807, 2.05) is 57.2 Å². The van der Waals surface area contributed by atoms with Gasteiger partial charge in [-0.1, -0.05) is 24.3 Å². The van der Waals surface area contributed by atoms with Crippen molar-refractivity contribution in [2.24, 2.45) is 0 Å². The molecule has 4 rings (SSSR count). The molecule has 3 aromatic rings. The molecule has 2 amide bonds. The molecule has 2 N–H and O–H groups in total. The first kappa shape index (κ1) is 22.1. The average molecular weight is 447 g/mol. The second kappa shape index (κ2) is 9.20. The van der Waals surface area contributed by atoms with Crippen molar-refractivity contribution in [1.82, 2.24) is 4.98 Å². The normalized spacial score (nSPS) is 12.9. The van der Waals surface area contributed by atoms with Gasteiger partial charge in [-0.25, -0.2) is 14.6 Å². The fourth-order valence-electron chi connectivity index (χ4n) is 3.31. The highest BCUT2D eigenvalue weighted by Gasteiger charge is 2.26. The standard InChI is InChI=1S/C25H26N4O4/c1-25(2,3)33-23(30)17-8-7-11-19(14-17)27-20-15-21-22(26-16-20)29(12-13-32-21)24(31)28-18-9-5-4-6-10-18/h4-11,14-16,27H,12-13H2,1-3H3,(H,28,31). The van der Waals surface area contributed by atoms with E-state index in [4.69, 9.17) is 9.47 Å². The van der Waals surface area contributed by atoms with Crippen LogP contribution >= 0.6 is 0 Å². The average Bonchev–Trinajstić information content (AvgIpc) is 2.78. The first-order valence-electron chi connectivity index (χ1n) is 10.7. The Morgan fingerprint density at radius 1 is 1.00 bits per heavy atom. The molecule has 0 spiro atoms. The minimum atomic E-state index is -0.570. The highest BCUT2D eigenvalue weighted by Crippen LogP contribution is 2.33. The Balaban J connectivity index is 1.49. The SMILES string of the molecule is CC(C)(C)OC(=O)c1cccc(Nc2cnc3c(c2)OCCN3C(=O)Nc2ccccc2)c1. The van der Waals surface area contributed by atoms with Crippen molar-refractivity contribution in [2.75, 3.05) is 28.7 Å². The summed E-state index contributed by atoms with van der Waals surface area (Å²) < 4.78 is 11.2. The number of anilines is 4. The molecule has 2 heterocycles. The minimum absolute atomic E-state index is 0.274. The molecule has 0 saturated carbocycles. The molecule has 170 valence electrons. The van der Waals surface area contributed by atoms with E-state index >= 15 is 0 Å². The number of benzene rings is 2. The monoisotopic (exact) mass is 446 g/mol. The summed E-state index contributed by atoms with van der Waals surface area (Å²) in [5.41, 5.74) is 1.95. The van der Waals surface area contributed by atoms with Gasteiger partial charge >= 0.3 is 12.0 Å². The van der Waals surface area contributed by atoms with Crippen LogP contribution < -0.4 is 20.3 Å². The number of carbonyl (C=O) groups is 2. The second-order valence-corrected chi connectivity index (χ2v) is 8.55. The van der Waals surface area contributed by atoms with Gasteiger partial charge in [0, 0.05) is 17.4 Å². The Morgan fingerprint density at radius 3 is 2.52 bits per heavy atom. The van der Waals surface area contributed by atoms with Crippen LogP contribution in [0.1, 0.15) is 31.1 Å². The largest absolute Gasteiger partial charge is 0.488 e. The minimum Gasteiger partial charge on any atom is -0.488 e. The lowest BCUT2D eigenvalue weighted by Gasteiger charge is -2.28. The van der Waals surface area contributed by atoms with Crippen molar-refractivity contribution < 1.29 is 19.1 Å². The Hall–Kier alpha value is -4.07. The molecule has 1 aliphatic rings. The Labute approximate surface area is 192 Å². The van der Waals surface area contributed by atoms with E-state index in [1.165, 1.54) is 0 Å². The van der Waals surface area contributed by atoms with Crippen LogP contribution in [0, 0.1) is 0 Å². The summed E-state index contributed by atoms with van der Waals surface area (Å²) in [6.07, 6.45) is 1.62. The van der Waals surface area contributed by atoms with Crippen LogP contribution in [0.4, 0.5) is 27.7 Å². The third kappa shape index (κ3) is 5.60. The van der Waals surface area contributed by atoms with E-state index in [2.05, 4.69) is 15.6 Å². The molecule has 33 heavy (non-hydrogen) atoms. The van der Waals surface area contributed by atoms with E-state index in [1.54, 1.807) is 35.4 Å². The van der Waals surface area contributed by atoms with E-state index in [0.29, 0.717) is 47.3 Å². The van der Waals surface area contributed by atoms with Crippen molar-refractivity contribution in [3.05, 3.63) is 72.4 Å². The fourth-order valence-corrected chi connectivity index (χ4v) is 3.31. The van der Waals surface area contributed by atoms with Crippen LogP contribution in [0.3, 0.4) is 0 Å². The maximum atomic E-state index is 12.8. The molecule has 0 atom stereocenters. The summed E-state index contributed by atoms with van der Waals surface area (Å²) in [7, 11) is 0. The molecule has 0 bridgehead atoms. The van der Waals surface area contributed by atoms with Gasteiger partial charge in [0.15, 0.2) is 11.6 Å². The van der Waals surface area contributed by atoms with Crippen molar-refractivity contribution in [2.45, 2.75) is 26.4 Å². The van der Waals surface area contributed by atoms with Gasteiger partial charge in [0.1, 0.15) is 12.2 Å². The number of pyridine rings is 1. The van der Waals surface area contributed by atoms with Crippen molar-refractivity contribution in [1.29, 1.82) is 0 Å². The third-order valence-electron chi connectivity index (χ3n) is 4.72. The number of fused-ring (bicyclic) bond motifs is 1. The summed E-state index contributed by atoms with van der Waals surface area (Å²) >= 11 is 0. The zero-order valence-corrected chi connectivity index (χ0v) is 18.8. The van der Waals surface area contributed by atoms with Gasteiger partial charge in [-0.2, -0.15) is 0 Å². The number of urea groups is 1. The van der Waals surface area contributed by atoms with Crippen molar-refractivity contribution in [3.63, 3.8) is 0 Å². The lowest BCUT2D eigenvalue weighted by Crippen LogP contribution is -2.41. The molecule has 0 unspecified atom stereocenters. The van der Waals surface area contributed by atoms with Crippen LogP contribution in [0.2, 0.25) is 0 Å². The van der Waals surface area contributed by atoms with Crippen molar-refractivity contribution in [3.8, 4) is 5.75 Å². The molecule has 8 nitrogen and oxygen atoms in total. The van der Waals surface area contributed by atoms with Crippen LogP contribution in [0.5, 0.6) is 5.75 Å². The van der Waals surface area contributed by atoms with E-state index in [-0.39, 0.29) is 6.03 Å². The van der Waals surface area contributed by atoms with Gasteiger partial charge in [0.2, 0.25) is 0 Å². The molecular weight excluding hydrogens is 420 g/mol. The molecule has 2 aromatic carbocycles. The summed E-state index contributed by atoms with van der Waals surface area (Å²) in [6.45, 7) is 6.23. The highest BCUT2D eigenvalue weighted by atomic mass is 16.6. The number of amides is 2. The smallest absolute Gasteiger partial charge is 0.338 e. The summed E-state index contributed by atoms with van der Waals surface area (Å²) in [5, 5.41) is 6.10. The fraction of sp³-hybridized carbons (Fsp3) is 0.240. The van der Waals surface area contributed by atoms with E-state index in [9.17, 15) is 9.59 Å². The number of aromatic nitrogens is 1. The first-order valence-corrected chi connectivity index (χ1v) is 10.7. The van der Waals surface area contributed by atoms with Crippen LogP contribution in [-0.4, -0.2) is 35.7 Å². The van der Waals surface area contributed by atoms with Gasteiger partial charge in [-0.05, 0) is 51.1 Å². The quantitative estimate of drug-likeness (QED) is 0.535. The van der Waals surface area contributed by atoms with E-state index in [0.717, 1.165) is 0 Å². The predicted octanol–water partition coefficient (Wildman–Crippen LogP) is 5.21. The van der Waals surface area contributed by atoms with Gasteiger partial charge in [-0.3, -0.25) is 4.90 Å². The Bertz CT molecular complexity index is 1160. The number of nitrogens with zero attached hydrogens (tertiary/aromatic N) is 2. The Morgan fingerprint density at radius 2 is 1.76 bits per heavy atom. The summed E-state index contributed by atoms with van der Waals surface area (Å²) in [6, 6.07) is 17.8. The van der Waals surface area contributed by atoms with Gasteiger partial charge < -0.3 is 20.1 Å². The predicted molar refractivity (Wildman–Crippen MR) is 127 cm³/mol. The van der Waals surface area contributed by atoms with E-state index < -0.39 is 11.6 Å². The zero-order chi connectivity index (χ0) is 23.4. The molecule has 0 aliphatic carbocycles. The maximum absolute atomic E-state index is 12.8. The number of rotatable bonds is 4. The lowest BCUT2D eigenvalue weighted by molar-refractivity contribution is 0.00695. The Kier molecular flexibility index (Phi) is 6.17. The molecule has 0 saturated heterocycles. The molecule has 0 fully saturated rings. The summed E-state index contributed by atoms with van der Waals surface area (Å²) in [4.78, 5) is 31.1. The number of hydrogen-bond acceptors (Lipinski definition) is 6. The molecule has 1 aromatic heterocycles. The van der Waals surface area contributed by atoms with Crippen LogP contribution in [0.15, 0.2) is 66.9 Å². The third-order valence-corrected chi connectivity index (χ3v) is 4.72. The highest BCUT2D eigenvalue weighted by molar-refractivity contribution is 6.02. The molecule has 0 radical (unpaired) electrons. The van der Waals surface area contributed by atoms with Crippen LogP contribution in [-0.2, 0) is 4.74 Å². The molecular formula is C25H26N4O4. The number of carbonyl (C=O) groups excluding carboxylic acids is 2.